The van der Waals surface area contributed by atoms with Crippen LogP contribution in [0.3, 0.4) is 0 Å². The molecule has 94 valence electrons. The summed E-state index contributed by atoms with van der Waals surface area (Å²) in [5.74, 6) is -0.832. The van der Waals surface area contributed by atoms with Crippen LogP contribution in [0.4, 0.5) is 0 Å². The van der Waals surface area contributed by atoms with Crippen molar-refractivity contribution >= 4 is 11.9 Å². The fraction of sp³-hybridized carbons (Fsp3) is 0.818. The molecule has 0 heterocycles. The number of esters is 1. The van der Waals surface area contributed by atoms with Gasteiger partial charge in [-0.3, -0.25) is 9.59 Å². The third kappa shape index (κ3) is 4.18. The van der Waals surface area contributed by atoms with E-state index in [-0.39, 0.29) is 30.5 Å². The molecule has 0 rings (SSSR count). The van der Waals surface area contributed by atoms with Gasteiger partial charge in [-0.05, 0) is 20.8 Å². The molecule has 0 saturated heterocycles. The molecular weight excluding hydrogens is 208 g/mol. The van der Waals surface area contributed by atoms with Crippen LogP contribution < -0.4 is 5.73 Å². The Hall–Kier alpha value is -1.10. The van der Waals surface area contributed by atoms with Gasteiger partial charge in [-0.15, -0.1) is 0 Å². The van der Waals surface area contributed by atoms with Gasteiger partial charge in [-0.2, -0.15) is 0 Å². The first kappa shape index (κ1) is 14.9. The van der Waals surface area contributed by atoms with Gasteiger partial charge in [0.25, 0.3) is 0 Å². The quantitative estimate of drug-likeness (QED) is 0.693. The van der Waals surface area contributed by atoms with E-state index in [2.05, 4.69) is 4.74 Å². The van der Waals surface area contributed by atoms with E-state index in [0.717, 1.165) is 0 Å². The largest absolute Gasteiger partial charge is 0.468 e. The van der Waals surface area contributed by atoms with Crippen LogP contribution in [0.1, 0.15) is 27.7 Å². The van der Waals surface area contributed by atoms with Crippen molar-refractivity contribution < 1.29 is 14.3 Å². The summed E-state index contributed by atoms with van der Waals surface area (Å²) in [6.07, 6.45) is 0. The molecule has 0 aromatic carbocycles. The molecule has 5 heteroatoms. The van der Waals surface area contributed by atoms with E-state index in [0.29, 0.717) is 0 Å². The molecule has 1 amide bonds. The van der Waals surface area contributed by atoms with Crippen LogP contribution in [-0.2, 0) is 14.3 Å². The SMILES string of the molecule is COC(=O)CN(C(=O)C(C)C(C)N)C(C)C. The molecule has 0 bridgehead atoms. The Morgan fingerprint density at radius 2 is 1.75 bits per heavy atom. The summed E-state index contributed by atoms with van der Waals surface area (Å²) in [5.41, 5.74) is 5.67. The van der Waals surface area contributed by atoms with Crippen LogP contribution in [0.2, 0.25) is 0 Å². The molecule has 0 radical (unpaired) electrons. The first-order valence-electron chi connectivity index (χ1n) is 5.44. The number of carbonyl (C=O) groups excluding carboxylic acids is 2. The molecule has 16 heavy (non-hydrogen) atoms. The molecule has 0 aliphatic carbocycles. The standard InChI is InChI=1S/C11H22N2O3/c1-7(2)13(6-10(14)16-5)11(15)8(3)9(4)12/h7-9H,6,12H2,1-5H3. The molecular formula is C11H22N2O3. The number of methoxy groups -OCH3 is 1. The van der Waals surface area contributed by atoms with Gasteiger partial charge in [0, 0.05) is 12.1 Å². The first-order valence-corrected chi connectivity index (χ1v) is 5.44. The summed E-state index contributed by atoms with van der Waals surface area (Å²) in [6.45, 7) is 7.23. The number of amides is 1. The molecule has 2 N–H and O–H groups in total. The minimum atomic E-state index is -0.418. The van der Waals surface area contributed by atoms with Gasteiger partial charge in [-0.1, -0.05) is 6.92 Å². The van der Waals surface area contributed by atoms with Crippen LogP contribution in [0.25, 0.3) is 0 Å². The number of nitrogens with zero attached hydrogens (tertiary/aromatic N) is 1. The van der Waals surface area contributed by atoms with Crippen molar-refractivity contribution in [2.24, 2.45) is 11.7 Å². The van der Waals surface area contributed by atoms with Crippen LogP contribution in [0.15, 0.2) is 0 Å². The lowest BCUT2D eigenvalue weighted by atomic mass is 10.0. The third-order valence-corrected chi connectivity index (χ3v) is 2.61. The molecule has 0 fully saturated rings. The Morgan fingerprint density at radius 3 is 2.06 bits per heavy atom. The zero-order chi connectivity index (χ0) is 12.9. The van der Waals surface area contributed by atoms with Crippen LogP contribution in [-0.4, -0.2) is 42.5 Å². The van der Waals surface area contributed by atoms with Gasteiger partial charge < -0.3 is 15.4 Å². The summed E-state index contributed by atoms with van der Waals surface area (Å²) in [7, 11) is 1.31. The molecule has 0 aromatic heterocycles. The van der Waals surface area contributed by atoms with E-state index in [4.69, 9.17) is 5.73 Å². The lowest BCUT2D eigenvalue weighted by Gasteiger charge is -2.29. The molecule has 0 aliphatic rings. The van der Waals surface area contributed by atoms with Crippen molar-refractivity contribution in [2.75, 3.05) is 13.7 Å². The van der Waals surface area contributed by atoms with Crippen molar-refractivity contribution in [3.63, 3.8) is 0 Å². The second-order valence-electron chi connectivity index (χ2n) is 4.28. The van der Waals surface area contributed by atoms with Gasteiger partial charge in [0.2, 0.25) is 5.91 Å². The van der Waals surface area contributed by atoms with E-state index >= 15 is 0 Å². The Labute approximate surface area is 96.9 Å². The molecule has 2 unspecified atom stereocenters. The summed E-state index contributed by atoms with van der Waals surface area (Å²) >= 11 is 0. The summed E-state index contributed by atoms with van der Waals surface area (Å²) in [5, 5.41) is 0. The highest BCUT2D eigenvalue weighted by atomic mass is 16.5. The molecule has 0 aromatic rings. The first-order chi connectivity index (χ1) is 7.31. The minimum Gasteiger partial charge on any atom is -0.468 e. The Balaban J connectivity index is 4.66. The van der Waals surface area contributed by atoms with Crippen LogP contribution >= 0.6 is 0 Å². The fourth-order valence-electron chi connectivity index (χ4n) is 1.21. The highest BCUT2D eigenvalue weighted by Gasteiger charge is 2.26. The maximum atomic E-state index is 12.0. The highest BCUT2D eigenvalue weighted by molar-refractivity contribution is 5.84. The second kappa shape index (κ2) is 6.48. The van der Waals surface area contributed by atoms with E-state index in [1.54, 1.807) is 13.8 Å². The maximum Gasteiger partial charge on any atom is 0.325 e. The lowest BCUT2D eigenvalue weighted by molar-refractivity contribution is -0.149. The van der Waals surface area contributed by atoms with E-state index in [1.807, 2.05) is 13.8 Å². The molecule has 0 aliphatic heterocycles. The maximum absolute atomic E-state index is 12.0. The average molecular weight is 230 g/mol. The third-order valence-electron chi connectivity index (χ3n) is 2.61. The minimum absolute atomic E-state index is 0.0237. The fourth-order valence-corrected chi connectivity index (χ4v) is 1.21. The van der Waals surface area contributed by atoms with E-state index in [1.165, 1.54) is 12.0 Å². The molecule has 2 atom stereocenters. The van der Waals surface area contributed by atoms with Gasteiger partial charge in [0.15, 0.2) is 0 Å². The Morgan fingerprint density at radius 1 is 1.25 bits per heavy atom. The Kier molecular flexibility index (Phi) is 6.03. The summed E-state index contributed by atoms with van der Waals surface area (Å²) in [6, 6.07) is -0.279. The smallest absolute Gasteiger partial charge is 0.325 e. The predicted molar refractivity (Wildman–Crippen MR) is 61.7 cm³/mol. The number of hydrogen-bond donors (Lipinski definition) is 1. The number of nitrogens with two attached hydrogens (primary N) is 1. The number of rotatable bonds is 5. The zero-order valence-electron chi connectivity index (χ0n) is 10.7. The van der Waals surface area contributed by atoms with Gasteiger partial charge in [-0.25, -0.2) is 0 Å². The van der Waals surface area contributed by atoms with Crippen molar-refractivity contribution in [3.8, 4) is 0 Å². The molecule has 0 saturated carbocycles. The summed E-state index contributed by atoms with van der Waals surface area (Å²) < 4.78 is 4.56. The highest BCUT2D eigenvalue weighted by Crippen LogP contribution is 2.09. The van der Waals surface area contributed by atoms with Crippen molar-refractivity contribution in [1.82, 2.24) is 4.90 Å². The summed E-state index contributed by atoms with van der Waals surface area (Å²) in [4.78, 5) is 24.7. The lowest BCUT2D eigenvalue weighted by Crippen LogP contribution is -2.47. The van der Waals surface area contributed by atoms with Gasteiger partial charge in [0.05, 0.1) is 13.0 Å². The monoisotopic (exact) mass is 230 g/mol. The normalized spacial score (nSPS) is 14.4. The number of carbonyl (C=O) groups is 2. The Bertz CT molecular complexity index is 252. The van der Waals surface area contributed by atoms with Crippen molar-refractivity contribution in [2.45, 2.75) is 39.8 Å². The van der Waals surface area contributed by atoms with Crippen LogP contribution in [0, 0.1) is 5.92 Å². The van der Waals surface area contributed by atoms with Crippen molar-refractivity contribution in [3.05, 3.63) is 0 Å². The topological polar surface area (TPSA) is 72.6 Å². The number of ether oxygens (including phenoxy) is 1. The second-order valence-corrected chi connectivity index (χ2v) is 4.28. The molecule has 0 spiro atoms. The number of hydrogen-bond acceptors (Lipinski definition) is 4. The zero-order valence-corrected chi connectivity index (χ0v) is 10.7. The van der Waals surface area contributed by atoms with E-state index in [9.17, 15) is 9.59 Å². The predicted octanol–water partition coefficient (Wildman–Crippen LogP) is 0.380. The van der Waals surface area contributed by atoms with Gasteiger partial charge in [0.1, 0.15) is 6.54 Å². The van der Waals surface area contributed by atoms with Gasteiger partial charge >= 0.3 is 5.97 Å². The van der Waals surface area contributed by atoms with E-state index < -0.39 is 5.97 Å². The van der Waals surface area contributed by atoms with Crippen LogP contribution in [0.5, 0.6) is 0 Å². The molecule has 5 nitrogen and oxygen atoms in total. The average Bonchev–Trinajstić information content (AvgIpc) is 2.22. The van der Waals surface area contributed by atoms with Crippen molar-refractivity contribution in [1.29, 1.82) is 0 Å².